The molecule has 68 valence electrons. The first-order valence-electron chi connectivity index (χ1n) is 3.92. The molecule has 1 aromatic rings. The van der Waals surface area contributed by atoms with Crippen LogP contribution in [0.2, 0.25) is 0 Å². The lowest BCUT2D eigenvalue weighted by molar-refractivity contribution is -0.134. The molecule has 0 aromatic carbocycles. The van der Waals surface area contributed by atoms with Crippen molar-refractivity contribution in [1.82, 2.24) is 4.98 Å². The van der Waals surface area contributed by atoms with Crippen molar-refractivity contribution in [2.24, 2.45) is 0 Å². The monoisotopic (exact) mass is 177 g/mol. The summed E-state index contributed by atoms with van der Waals surface area (Å²) in [5.74, 6) is -0.372. The number of esters is 1. The third kappa shape index (κ3) is 3.07. The summed E-state index contributed by atoms with van der Waals surface area (Å²) >= 11 is 0. The Balaban J connectivity index is 2.74. The summed E-state index contributed by atoms with van der Waals surface area (Å²) < 4.78 is 4.45. The zero-order valence-corrected chi connectivity index (χ0v) is 7.65. The van der Waals surface area contributed by atoms with Crippen LogP contribution in [0.5, 0.6) is 0 Å². The topological polar surface area (TPSA) is 39.2 Å². The second-order valence-corrected chi connectivity index (χ2v) is 2.56. The lowest BCUT2D eigenvalue weighted by atomic mass is 10.3. The van der Waals surface area contributed by atoms with Crippen LogP contribution in [-0.4, -0.2) is 18.1 Å². The van der Waals surface area contributed by atoms with Gasteiger partial charge in [0.2, 0.25) is 0 Å². The van der Waals surface area contributed by atoms with Crippen molar-refractivity contribution in [1.29, 1.82) is 0 Å². The molecule has 0 aliphatic heterocycles. The number of pyridine rings is 1. The number of carbonyl (C=O) groups is 1. The van der Waals surface area contributed by atoms with Gasteiger partial charge in [-0.25, -0.2) is 4.79 Å². The molecule has 0 saturated heterocycles. The Morgan fingerprint density at radius 3 is 2.92 bits per heavy atom. The van der Waals surface area contributed by atoms with E-state index in [4.69, 9.17) is 0 Å². The molecule has 0 spiro atoms. The van der Waals surface area contributed by atoms with E-state index >= 15 is 0 Å². The number of hydrogen-bond acceptors (Lipinski definition) is 3. The number of carbonyl (C=O) groups excluding carboxylic acids is 1. The van der Waals surface area contributed by atoms with Gasteiger partial charge in [0.1, 0.15) is 0 Å². The van der Waals surface area contributed by atoms with Crippen LogP contribution in [0.15, 0.2) is 24.3 Å². The molecule has 3 nitrogen and oxygen atoms in total. The first-order valence-corrected chi connectivity index (χ1v) is 3.92. The Hall–Kier alpha value is -1.64. The van der Waals surface area contributed by atoms with Crippen molar-refractivity contribution < 1.29 is 9.53 Å². The molecule has 1 aromatic heterocycles. The minimum Gasteiger partial charge on any atom is -0.466 e. The maximum Gasteiger partial charge on any atom is 0.330 e. The molecule has 1 heterocycles. The number of rotatable bonds is 2. The smallest absolute Gasteiger partial charge is 0.330 e. The zero-order chi connectivity index (χ0) is 9.68. The number of hydrogen-bond donors (Lipinski definition) is 0. The van der Waals surface area contributed by atoms with Crippen molar-refractivity contribution in [3.63, 3.8) is 0 Å². The van der Waals surface area contributed by atoms with Gasteiger partial charge in [-0.15, -0.1) is 0 Å². The van der Waals surface area contributed by atoms with Crippen LogP contribution in [0.25, 0.3) is 6.08 Å². The van der Waals surface area contributed by atoms with Crippen LogP contribution in [0.3, 0.4) is 0 Å². The van der Waals surface area contributed by atoms with Crippen LogP contribution in [0.1, 0.15) is 11.4 Å². The number of ether oxygens (including phenoxy) is 1. The third-order valence-corrected chi connectivity index (χ3v) is 1.50. The fourth-order valence-corrected chi connectivity index (χ4v) is 0.878. The van der Waals surface area contributed by atoms with Gasteiger partial charge in [0.05, 0.1) is 12.8 Å². The van der Waals surface area contributed by atoms with E-state index in [1.54, 1.807) is 6.08 Å². The summed E-state index contributed by atoms with van der Waals surface area (Å²) in [6.07, 6.45) is 2.97. The standard InChI is InChI=1S/C10H11NO2/c1-8-4-3-5-9(11-8)6-7-10(12)13-2/h3-7H,1-2H3. The van der Waals surface area contributed by atoms with Crippen LogP contribution in [-0.2, 0) is 9.53 Å². The van der Waals surface area contributed by atoms with Crippen molar-refractivity contribution in [3.05, 3.63) is 35.7 Å². The van der Waals surface area contributed by atoms with Gasteiger partial charge in [0.25, 0.3) is 0 Å². The molecule has 0 radical (unpaired) electrons. The van der Waals surface area contributed by atoms with Gasteiger partial charge in [-0.1, -0.05) is 6.07 Å². The van der Waals surface area contributed by atoms with Gasteiger partial charge in [-0.3, -0.25) is 4.98 Å². The molecule has 13 heavy (non-hydrogen) atoms. The Bertz CT molecular complexity index is 331. The summed E-state index contributed by atoms with van der Waals surface area (Å²) in [6.45, 7) is 1.90. The third-order valence-electron chi connectivity index (χ3n) is 1.50. The predicted octanol–water partition coefficient (Wildman–Crippen LogP) is 1.58. The average Bonchev–Trinajstić information content (AvgIpc) is 2.14. The molecule has 0 aliphatic rings. The predicted molar refractivity (Wildman–Crippen MR) is 50.0 cm³/mol. The van der Waals surface area contributed by atoms with E-state index < -0.39 is 0 Å². The fraction of sp³-hybridized carbons (Fsp3) is 0.200. The summed E-state index contributed by atoms with van der Waals surface area (Å²) in [4.78, 5) is 14.9. The first kappa shape index (κ1) is 9.45. The van der Waals surface area contributed by atoms with E-state index in [2.05, 4.69) is 9.72 Å². The number of methoxy groups -OCH3 is 1. The molecule has 0 N–H and O–H groups in total. The van der Waals surface area contributed by atoms with Crippen LogP contribution < -0.4 is 0 Å². The Labute approximate surface area is 77.1 Å². The Morgan fingerprint density at radius 2 is 2.31 bits per heavy atom. The lowest BCUT2D eigenvalue weighted by Crippen LogP contribution is -1.93. The molecule has 3 heteroatoms. The van der Waals surface area contributed by atoms with E-state index in [1.807, 2.05) is 25.1 Å². The molecule has 0 atom stereocenters. The number of aromatic nitrogens is 1. The molecule has 0 fully saturated rings. The Morgan fingerprint density at radius 1 is 1.54 bits per heavy atom. The Kier molecular flexibility index (Phi) is 3.20. The fourth-order valence-electron chi connectivity index (χ4n) is 0.878. The van der Waals surface area contributed by atoms with Crippen molar-refractivity contribution in [2.45, 2.75) is 6.92 Å². The second-order valence-electron chi connectivity index (χ2n) is 2.56. The number of aryl methyl sites for hydroxylation is 1. The maximum absolute atomic E-state index is 10.7. The average molecular weight is 177 g/mol. The zero-order valence-electron chi connectivity index (χ0n) is 7.65. The van der Waals surface area contributed by atoms with Crippen molar-refractivity contribution in [3.8, 4) is 0 Å². The second kappa shape index (κ2) is 4.40. The van der Waals surface area contributed by atoms with Gasteiger partial charge in [0.15, 0.2) is 0 Å². The van der Waals surface area contributed by atoms with Gasteiger partial charge < -0.3 is 4.74 Å². The molecule has 0 saturated carbocycles. The van der Waals surface area contributed by atoms with E-state index in [1.165, 1.54) is 13.2 Å². The summed E-state index contributed by atoms with van der Waals surface area (Å²) in [5, 5.41) is 0. The van der Waals surface area contributed by atoms with Crippen LogP contribution in [0.4, 0.5) is 0 Å². The summed E-state index contributed by atoms with van der Waals surface area (Å²) in [5.41, 5.74) is 1.68. The number of nitrogens with zero attached hydrogens (tertiary/aromatic N) is 1. The first-order chi connectivity index (χ1) is 6.22. The minimum absolute atomic E-state index is 0.372. The molecule has 0 aliphatic carbocycles. The van der Waals surface area contributed by atoms with E-state index in [9.17, 15) is 4.79 Å². The highest BCUT2D eigenvalue weighted by Gasteiger charge is 1.92. The van der Waals surface area contributed by atoms with Gasteiger partial charge in [-0.05, 0) is 25.1 Å². The van der Waals surface area contributed by atoms with E-state index in [0.29, 0.717) is 0 Å². The van der Waals surface area contributed by atoms with E-state index in [0.717, 1.165) is 11.4 Å². The molecule has 0 unspecified atom stereocenters. The summed E-state index contributed by atoms with van der Waals surface area (Å²) in [6, 6.07) is 5.61. The SMILES string of the molecule is COC(=O)C=Cc1cccc(C)n1. The molecule has 1 rings (SSSR count). The van der Waals surface area contributed by atoms with Crippen LogP contribution >= 0.6 is 0 Å². The van der Waals surface area contributed by atoms with Gasteiger partial charge in [-0.2, -0.15) is 0 Å². The van der Waals surface area contributed by atoms with Gasteiger partial charge in [0, 0.05) is 11.8 Å². The van der Waals surface area contributed by atoms with E-state index in [-0.39, 0.29) is 5.97 Å². The lowest BCUT2D eigenvalue weighted by Gasteiger charge is -1.94. The molecule has 0 bridgehead atoms. The highest BCUT2D eigenvalue weighted by molar-refractivity contribution is 5.86. The highest BCUT2D eigenvalue weighted by Crippen LogP contribution is 2.00. The van der Waals surface area contributed by atoms with Gasteiger partial charge >= 0.3 is 5.97 Å². The molecular formula is C10H11NO2. The van der Waals surface area contributed by atoms with Crippen molar-refractivity contribution >= 4 is 12.0 Å². The van der Waals surface area contributed by atoms with Crippen molar-refractivity contribution in [2.75, 3.05) is 7.11 Å². The summed E-state index contributed by atoms with van der Waals surface area (Å²) in [7, 11) is 1.34. The quantitative estimate of drug-likeness (QED) is 0.508. The minimum atomic E-state index is -0.372. The van der Waals surface area contributed by atoms with Crippen LogP contribution in [0, 0.1) is 6.92 Å². The molecule has 0 amide bonds. The largest absolute Gasteiger partial charge is 0.466 e. The maximum atomic E-state index is 10.7. The highest BCUT2D eigenvalue weighted by atomic mass is 16.5. The normalized spacial score (nSPS) is 10.3. The molecular weight excluding hydrogens is 166 g/mol.